The van der Waals surface area contributed by atoms with E-state index in [9.17, 15) is 19.8 Å². The molecular formula is C13H24N2O4. The average Bonchev–Trinajstić information content (AvgIpc) is 2.33. The van der Waals surface area contributed by atoms with Gasteiger partial charge in [-0.05, 0) is 24.7 Å². The van der Waals surface area contributed by atoms with E-state index >= 15 is 0 Å². The normalized spacial score (nSPS) is 21.9. The van der Waals surface area contributed by atoms with Gasteiger partial charge in [-0.1, -0.05) is 20.8 Å². The average molecular weight is 272 g/mol. The van der Waals surface area contributed by atoms with Gasteiger partial charge in [0.05, 0.1) is 12.6 Å². The van der Waals surface area contributed by atoms with E-state index in [0.29, 0.717) is 6.54 Å². The second-order valence-corrected chi connectivity index (χ2v) is 6.11. The number of hydrogen-bond acceptors (Lipinski definition) is 3. The molecule has 6 nitrogen and oxygen atoms in total. The third-order valence-corrected chi connectivity index (χ3v) is 3.48. The Hall–Kier alpha value is -1.30. The molecular weight excluding hydrogens is 248 g/mol. The first kappa shape index (κ1) is 15.8. The number of likely N-dealkylation sites (tertiary alicyclic amines) is 1. The van der Waals surface area contributed by atoms with Crippen LogP contribution in [0.5, 0.6) is 0 Å². The number of nitrogens with one attached hydrogen (secondary N) is 1. The summed E-state index contributed by atoms with van der Waals surface area (Å²) < 4.78 is 0. The molecule has 0 aromatic carbocycles. The molecule has 1 saturated heterocycles. The summed E-state index contributed by atoms with van der Waals surface area (Å²) in [4.78, 5) is 24.9. The lowest BCUT2D eigenvalue weighted by atomic mass is 9.87. The Labute approximate surface area is 113 Å². The highest BCUT2D eigenvalue weighted by Gasteiger charge is 2.35. The van der Waals surface area contributed by atoms with E-state index < -0.39 is 23.5 Å². The molecule has 0 aromatic rings. The Kier molecular flexibility index (Phi) is 5.17. The largest absolute Gasteiger partial charge is 0.480 e. The van der Waals surface area contributed by atoms with Crippen LogP contribution in [-0.2, 0) is 4.79 Å². The van der Waals surface area contributed by atoms with Gasteiger partial charge < -0.3 is 20.4 Å². The number of piperidine rings is 1. The monoisotopic (exact) mass is 272 g/mol. The lowest BCUT2D eigenvalue weighted by Crippen LogP contribution is -2.57. The fraction of sp³-hybridized carbons (Fsp3) is 0.846. The van der Waals surface area contributed by atoms with E-state index in [2.05, 4.69) is 5.32 Å². The van der Waals surface area contributed by atoms with Gasteiger partial charge in [0.15, 0.2) is 0 Å². The second kappa shape index (κ2) is 6.23. The molecule has 6 heteroatoms. The lowest BCUT2D eigenvalue weighted by Gasteiger charge is -2.37. The molecule has 110 valence electrons. The molecule has 1 rings (SSSR count). The summed E-state index contributed by atoms with van der Waals surface area (Å²) in [5.41, 5.74) is -0.564. The van der Waals surface area contributed by atoms with Gasteiger partial charge in [-0.25, -0.2) is 9.59 Å². The first-order valence-corrected chi connectivity index (χ1v) is 6.68. The summed E-state index contributed by atoms with van der Waals surface area (Å²) in [7, 11) is 0. The van der Waals surface area contributed by atoms with Gasteiger partial charge in [-0.3, -0.25) is 0 Å². The van der Waals surface area contributed by atoms with Crippen LogP contribution in [0.3, 0.4) is 0 Å². The third kappa shape index (κ3) is 4.09. The zero-order valence-corrected chi connectivity index (χ0v) is 11.8. The van der Waals surface area contributed by atoms with Crippen LogP contribution in [0, 0.1) is 5.41 Å². The number of urea groups is 1. The molecule has 0 radical (unpaired) electrons. The van der Waals surface area contributed by atoms with Crippen molar-refractivity contribution in [3.8, 4) is 0 Å². The number of rotatable bonds is 3. The summed E-state index contributed by atoms with van der Waals surface area (Å²) >= 11 is 0. The molecule has 0 aliphatic carbocycles. The number of carbonyl (C=O) groups is 2. The Morgan fingerprint density at radius 3 is 2.47 bits per heavy atom. The standard InChI is InChI=1S/C13H24N2O4/c1-13(2,3)10(11(17)18)14-12(19)15-7-5-4-6-9(15)8-16/h9-10,16H,4-8H2,1-3H3,(H,14,19)(H,17,18)/t9?,10-/m0/s1. The fourth-order valence-corrected chi connectivity index (χ4v) is 2.31. The van der Waals surface area contributed by atoms with Crippen molar-refractivity contribution in [2.75, 3.05) is 13.2 Å². The number of carboxylic acids is 1. The van der Waals surface area contributed by atoms with Crippen molar-refractivity contribution < 1.29 is 19.8 Å². The van der Waals surface area contributed by atoms with E-state index in [1.165, 1.54) is 0 Å². The van der Waals surface area contributed by atoms with Crippen LogP contribution in [0.25, 0.3) is 0 Å². The first-order valence-electron chi connectivity index (χ1n) is 6.68. The maximum absolute atomic E-state index is 12.2. The van der Waals surface area contributed by atoms with Gasteiger partial charge in [-0.2, -0.15) is 0 Å². The van der Waals surface area contributed by atoms with Crippen LogP contribution in [0.4, 0.5) is 4.79 Å². The van der Waals surface area contributed by atoms with Crippen LogP contribution in [0.15, 0.2) is 0 Å². The summed E-state index contributed by atoms with van der Waals surface area (Å²) in [6, 6.07) is -1.55. The molecule has 1 aliphatic rings. The van der Waals surface area contributed by atoms with Crippen molar-refractivity contribution in [1.29, 1.82) is 0 Å². The zero-order chi connectivity index (χ0) is 14.6. The minimum absolute atomic E-state index is 0.0827. The van der Waals surface area contributed by atoms with Gasteiger partial charge in [0.1, 0.15) is 6.04 Å². The predicted octanol–water partition coefficient (Wildman–Crippen LogP) is 1.04. The number of aliphatic hydroxyl groups excluding tert-OH is 1. The molecule has 0 spiro atoms. The van der Waals surface area contributed by atoms with Crippen molar-refractivity contribution in [3.63, 3.8) is 0 Å². The summed E-state index contributed by atoms with van der Waals surface area (Å²) in [6.07, 6.45) is 2.63. The Morgan fingerprint density at radius 1 is 1.37 bits per heavy atom. The van der Waals surface area contributed by atoms with Gasteiger partial charge in [0.2, 0.25) is 0 Å². The van der Waals surface area contributed by atoms with Crippen LogP contribution < -0.4 is 5.32 Å². The summed E-state index contributed by atoms with van der Waals surface area (Å²) in [5.74, 6) is -1.04. The molecule has 3 N–H and O–H groups in total. The molecule has 1 aliphatic heterocycles. The van der Waals surface area contributed by atoms with Crippen molar-refractivity contribution in [1.82, 2.24) is 10.2 Å². The summed E-state index contributed by atoms with van der Waals surface area (Å²) in [6.45, 7) is 5.79. The number of hydrogen-bond donors (Lipinski definition) is 3. The van der Waals surface area contributed by atoms with E-state index in [1.807, 2.05) is 0 Å². The fourth-order valence-electron chi connectivity index (χ4n) is 2.31. The number of aliphatic hydroxyl groups is 1. The quantitative estimate of drug-likeness (QED) is 0.716. The Bertz CT molecular complexity index is 338. The van der Waals surface area contributed by atoms with E-state index in [1.54, 1.807) is 25.7 Å². The Balaban J connectivity index is 2.73. The molecule has 2 amide bonds. The second-order valence-electron chi connectivity index (χ2n) is 6.11. The van der Waals surface area contributed by atoms with Crippen molar-refractivity contribution in [3.05, 3.63) is 0 Å². The Morgan fingerprint density at radius 2 is 2.00 bits per heavy atom. The highest BCUT2D eigenvalue weighted by atomic mass is 16.4. The highest BCUT2D eigenvalue weighted by molar-refractivity contribution is 5.83. The molecule has 0 aromatic heterocycles. The SMILES string of the molecule is CC(C)(C)[C@@H](NC(=O)N1CCCCC1CO)C(=O)O. The molecule has 19 heavy (non-hydrogen) atoms. The lowest BCUT2D eigenvalue weighted by molar-refractivity contribution is -0.142. The first-order chi connectivity index (χ1) is 8.77. The molecule has 2 atom stereocenters. The van der Waals surface area contributed by atoms with Gasteiger partial charge in [0, 0.05) is 6.54 Å². The number of amides is 2. The number of aliphatic carboxylic acids is 1. The molecule has 0 bridgehead atoms. The van der Waals surface area contributed by atoms with Crippen LogP contribution in [0.2, 0.25) is 0 Å². The highest BCUT2D eigenvalue weighted by Crippen LogP contribution is 2.21. The van der Waals surface area contributed by atoms with E-state index in [0.717, 1.165) is 19.3 Å². The number of carbonyl (C=O) groups excluding carboxylic acids is 1. The van der Waals surface area contributed by atoms with Crippen LogP contribution >= 0.6 is 0 Å². The zero-order valence-electron chi connectivity index (χ0n) is 11.8. The van der Waals surface area contributed by atoms with Crippen molar-refractivity contribution in [2.45, 2.75) is 52.1 Å². The van der Waals surface area contributed by atoms with Crippen LogP contribution in [-0.4, -0.2) is 52.3 Å². The number of carboxylic acid groups (broad SMARTS) is 1. The maximum Gasteiger partial charge on any atom is 0.326 e. The minimum Gasteiger partial charge on any atom is -0.480 e. The number of nitrogens with zero attached hydrogens (tertiary/aromatic N) is 1. The van der Waals surface area contributed by atoms with Gasteiger partial charge in [-0.15, -0.1) is 0 Å². The van der Waals surface area contributed by atoms with Gasteiger partial charge in [0.25, 0.3) is 0 Å². The minimum atomic E-state index is -1.04. The van der Waals surface area contributed by atoms with Crippen molar-refractivity contribution >= 4 is 12.0 Å². The summed E-state index contributed by atoms with van der Waals surface area (Å²) in [5, 5.41) is 21.0. The van der Waals surface area contributed by atoms with Gasteiger partial charge >= 0.3 is 12.0 Å². The predicted molar refractivity (Wildman–Crippen MR) is 70.8 cm³/mol. The van der Waals surface area contributed by atoms with E-state index in [-0.39, 0.29) is 12.6 Å². The molecule has 1 heterocycles. The topological polar surface area (TPSA) is 89.9 Å². The third-order valence-electron chi connectivity index (χ3n) is 3.48. The van der Waals surface area contributed by atoms with Crippen molar-refractivity contribution in [2.24, 2.45) is 5.41 Å². The molecule has 1 unspecified atom stereocenters. The molecule has 0 saturated carbocycles. The molecule has 1 fully saturated rings. The van der Waals surface area contributed by atoms with E-state index in [4.69, 9.17) is 0 Å². The maximum atomic E-state index is 12.2. The van der Waals surface area contributed by atoms with Crippen LogP contribution in [0.1, 0.15) is 40.0 Å². The smallest absolute Gasteiger partial charge is 0.326 e.